The van der Waals surface area contributed by atoms with Crippen molar-refractivity contribution >= 4 is 26.5 Å². The van der Waals surface area contributed by atoms with Crippen molar-refractivity contribution in [1.29, 1.82) is 0 Å². The third-order valence-corrected chi connectivity index (χ3v) is 6.94. The molecule has 0 spiro atoms. The summed E-state index contributed by atoms with van der Waals surface area (Å²) in [5.41, 5.74) is 8.24. The highest BCUT2D eigenvalue weighted by Crippen LogP contribution is 2.33. The molecule has 3 aromatic carbocycles. The highest BCUT2D eigenvalue weighted by Gasteiger charge is 2.22. The summed E-state index contributed by atoms with van der Waals surface area (Å²) >= 11 is 0. The van der Waals surface area contributed by atoms with E-state index in [1.165, 1.54) is 11.1 Å². The second kappa shape index (κ2) is 8.93. The number of hydrogen-bond acceptors (Lipinski definition) is 3. The lowest BCUT2D eigenvalue weighted by molar-refractivity contribution is 0.584. The Balaban J connectivity index is 1.81. The first-order valence-corrected chi connectivity index (χ1v) is 12.0. The average Bonchev–Trinajstić information content (AvgIpc) is 3.23. The summed E-state index contributed by atoms with van der Waals surface area (Å²) in [4.78, 5) is 2.69. The van der Waals surface area contributed by atoms with Gasteiger partial charge in [-0.2, -0.15) is 18.4 Å². The number of nitrogens with zero attached hydrogens (tertiary/aromatic N) is 1. The molecule has 0 aliphatic heterocycles. The molecule has 0 aromatic heterocycles. The van der Waals surface area contributed by atoms with Crippen LogP contribution < -0.4 is 4.83 Å². The normalized spacial score (nSPS) is 13.6. The SMILES string of the molecule is C=C=CCC/C(=N\NS(=O)(=O)c1ccc(C)cc1)c1c2c(cc3ccccc13)CCC2. The van der Waals surface area contributed by atoms with E-state index in [-0.39, 0.29) is 4.90 Å². The molecule has 1 aliphatic rings. The highest BCUT2D eigenvalue weighted by atomic mass is 32.2. The summed E-state index contributed by atoms with van der Waals surface area (Å²) in [5.74, 6) is 0. The largest absolute Gasteiger partial charge is 0.276 e. The van der Waals surface area contributed by atoms with Crippen LogP contribution in [0.5, 0.6) is 0 Å². The van der Waals surface area contributed by atoms with Gasteiger partial charge in [0.2, 0.25) is 0 Å². The number of rotatable bonds is 7. The van der Waals surface area contributed by atoms with Crippen LogP contribution >= 0.6 is 0 Å². The third kappa shape index (κ3) is 4.48. The molecule has 0 saturated heterocycles. The predicted octanol–water partition coefficient (Wildman–Crippen LogP) is 5.44. The van der Waals surface area contributed by atoms with Gasteiger partial charge in [-0.25, -0.2) is 0 Å². The predicted molar refractivity (Wildman–Crippen MR) is 127 cm³/mol. The van der Waals surface area contributed by atoms with Gasteiger partial charge in [-0.1, -0.05) is 54.6 Å². The number of nitrogens with one attached hydrogen (secondary N) is 1. The number of hydrogen-bond donors (Lipinski definition) is 1. The van der Waals surface area contributed by atoms with Crippen LogP contribution in [-0.4, -0.2) is 14.1 Å². The number of fused-ring (bicyclic) bond motifs is 2. The Morgan fingerprint density at radius 3 is 2.71 bits per heavy atom. The van der Waals surface area contributed by atoms with Crippen molar-refractivity contribution < 1.29 is 8.42 Å². The molecule has 4 rings (SSSR count). The van der Waals surface area contributed by atoms with Crippen molar-refractivity contribution in [3.05, 3.63) is 95.2 Å². The van der Waals surface area contributed by atoms with E-state index in [1.807, 2.05) is 25.1 Å². The molecule has 4 nitrogen and oxygen atoms in total. The van der Waals surface area contributed by atoms with E-state index in [4.69, 9.17) is 0 Å². The lowest BCUT2D eigenvalue weighted by Crippen LogP contribution is -2.21. The molecule has 158 valence electrons. The molecule has 0 amide bonds. The van der Waals surface area contributed by atoms with Crippen molar-refractivity contribution in [2.75, 3.05) is 0 Å². The van der Waals surface area contributed by atoms with Crippen LogP contribution in [0.1, 0.15) is 41.5 Å². The lowest BCUT2D eigenvalue weighted by Gasteiger charge is -2.16. The standard InChI is InChI=1S/C26H26N2O2S/c1-3-4-5-13-25(27-28-31(29,30)22-16-14-19(2)15-17-22)26-23-11-7-6-9-20(23)18-21-10-8-12-24(21)26/h4,6-7,9,11,14-18,28H,1,5,8,10,12-13H2,2H3/b27-25+. The van der Waals surface area contributed by atoms with Crippen molar-refractivity contribution in [1.82, 2.24) is 4.83 Å². The van der Waals surface area contributed by atoms with E-state index in [0.717, 1.165) is 46.9 Å². The van der Waals surface area contributed by atoms with Crippen LogP contribution in [0.4, 0.5) is 0 Å². The van der Waals surface area contributed by atoms with E-state index >= 15 is 0 Å². The van der Waals surface area contributed by atoms with E-state index in [9.17, 15) is 8.42 Å². The fraction of sp³-hybridized carbons (Fsp3) is 0.231. The average molecular weight is 431 g/mol. The summed E-state index contributed by atoms with van der Waals surface area (Å²) in [5, 5.41) is 6.74. The molecular weight excluding hydrogens is 404 g/mol. The molecular formula is C26H26N2O2S. The molecule has 5 heteroatoms. The van der Waals surface area contributed by atoms with Crippen LogP contribution in [0.3, 0.4) is 0 Å². The summed E-state index contributed by atoms with van der Waals surface area (Å²) < 4.78 is 25.7. The number of aryl methyl sites for hydroxylation is 2. The first-order chi connectivity index (χ1) is 15.0. The number of benzene rings is 3. The zero-order valence-corrected chi connectivity index (χ0v) is 18.5. The van der Waals surface area contributed by atoms with Gasteiger partial charge in [-0.15, -0.1) is 5.73 Å². The van der Waals surface area contributed by atoms with Crippen molar-refractivity contribution in [2.45, 2.75) is 43.9 Å². The van der Waals surface area contributed by atoms with E-state index in [0.29, 0.717) is 12.8 Å². The van der Waals surface area contributed by atoms with Crippen LogP contribution in [0.2, 0.25) is 0 Å². The molecule has 3 aromatic rings. The molecule has 1 N–H and O–H groups in total. The van der Waals surface area contributed by atoms with Gasteiger partial charge >= 0.3 is 0 Å². The zero-order chi connectivity index (χ0) is 21.8. The van der Waals surface area contributed by atoms with Gasteiger partial charge in [-0.3, -0.25) is 0 Å². The molecule has 0 radical (unpaired) electrons. The number of hydrazone groups is 1. The first kappa shape index (κ1) is 21.1. The highest BCUT2D eigenvalue weighted by molar-refractivity contribution is 7.89. The maximum absolute atomic E-state index is 12.9. The Kier molecular flexibility index (Phi) is 6.08. The van der Waals surface area contributed by atoms with Crippen LogP contribution in [-0.2, 0) is 22.9 Å². The van der Waals surface area contributed by atoms with Gasteiger partial charge < -0.3 is 0 Å². The number of allylic oxidation sites excluding steroid dienone is 1. The fourth-order valence-electron chi connectivity index (χ4n) is 4.18. The van der Waals surface area contributed by atoms with Crippen LogP contribution in [0.25, 0.3) is 10.8 Å². The van der Waals surface area contributed by atoms with Crippen molar-refractivity contribution in [2.24, 2.45) is 5.10 Å². The summed E-state index contributed by atoms with van der Waals surface area (Å²) in [7, 11) is -3.75. The molecule has 31 heavy (non-hydrogen) atoms. The third-order valence-electron chi connectivity index (χ3n) is 5.71. The minimum Gasteiger partial charge on any atom is -0.200 e. The van der Waals surface area contributed by atoms with Gasteiger partial charge in [-0.05, 0) is 79.1 Å². The molecule has 0 atom stereocenters. The minimum absolute atomic E-state index is 0.204. The molecule has 1 aliphatic carbocycles. The van der Waals surface area contributed by atoms with Gasteiger partial charge in [0, 0.05) is 5.56 Å². The molecule has 0 unspecified atom stereocenters. The Bertz CT molecular complexity index is 1300. The Hall–Kier alpha value is -3.14. The Morgan fingerprint density at radius 2 is 1.94 bits per heavy atom. The summed E-state index contributed by atoms with van der Waals surface area (Å²) in [6.07, 6.45) is 6.27. The molecule has 0 saturated carbocycles. The van der Waals surface area contributed by atoms with Crippen molar-refractivity contribution in [3.8, 4) is 0 Å². The minimum atomic E-state index is -3.75. The summed E-state index contributed by atoms with van der Waals surface area (Å²) in [6.45, 7) is 5.56. The topological polar surface area (TPSA) is 58.5 Å². The quantitative estimate of drug-likeness (QED) is 0.308. The second-order valence-corrected chi connectivity index (χ2v) is 9.54. The Labute approximate surface area is 184 Å². The smallest absolute Gasteiger partial charge is 0.200 e. The van der Waals surface area contributed by atoms with Gasteiger partial charge in [0.25, 0.3) is 10.0 Å². The zero-order valence-electron chi connectivity index (χ0n) is 17.7. The molecule has 0 heterocycles. The van der Waals surface area contributed by atoms with Crippen LogP contribution in [0, 0.1) is 6.92 Å². The molecule has 0 fully saturated rings. The van der Waals surface area contributed by atoms with Gasteiger partial charge in [0.05, 0.1) is 10.6 Å². The molecule has 0 bridgehead atoms. The number of sulfonamides is 1. The fourth-order valence-corrected chi connectivity index (χ4v) is 5.01. The summed E-state index contributed by atoms with van der Waals surface area (Å²) in [6, 6.07) is 17.3. The van der Waals surface area contributed by atoms with E-state index in [1.54, 1.807) is 24.3 Å². The van der Waals surface area contributed by atoms with E-state index < -0.39 is 10.0 Å². The first-order valence-electron chi connectivity index (χ1n) is 10.5. The Morgan fingerprint density at radius 1 is 1.16 bits per heavy atom. The van der Waals surface area contributed by atoms with E-state index in [2.05, 4.69) is 40.4 Å². The van der Waals surface area contributed by atoms with Crippen LogP contribution in [0.15, 0.2) is 83.0 Å². The van der Waals surface area contributed by atoms with Gasteiger partial charge in [0.1, 0.15) is 0 Å². The van der Waals surface area contributed by atoms with Gasteiger partial charge in [0.15, 0.2) is 0 Å². The van der Waals surface area contributed by atoms with Crippen molar-refractivity contribution in [3.63, 3.8) is 0 Å². The maximum atomic E-state index is 12.9. The second-order valence-electron chi connectivity index (χ2n) is 7.88. The maximum Gasteiger partial charge on any atom is 0.276 e. The monoisotopic (exact) mass is 430 g/mol. The lowest BCUT2D eigenvalue weighted by atomic mass is 9.91.